The molecule has 2 aromatic rings. The molecule has 0 aromatic heterocycles. The first-order valence-corrected chi connectivity index (χ1v) is 6.99. The molecule has 0 fully saturated rings. The highest BCUT2D eigenvalue weighted by Gasteiger charge is 2.11. The minimum Gasteiger partial charge on any atom is -0.326 e. The van der Waals surface area contributed by atoms with E-state index in [1.165, 1.54) is 6.92 Å². The Kier molecular flexibility index (Phi) is 4.91. The molecule has 114 valence electrons. The number of nitrogens with one attached hydrogen (secondary N) is 2. The van der Waals surface area contributed by atoms with E-state index in [1.807, 2.05) is 25.1 Å². The lowest BCUT2D eigenvalue weighted by atomic mass is 10.1. The van der Waals surface area contributed by atoms with E-state index >= 15 is 0 Å². The second kappa shape index (κ2) is 6.87. The lowest BCUT2D eigenvalue weighted by Crippen LogP contribution is -2.16. The number of carbonyl (C=O) groups is 2. The first kappa shape index (κ1) is 15.7. The van der Waals surface area contributed by atoms with E-state index in [0.29, 0.717) is 23.5 Å². The predicted octanol–water partition coefficient (Wildman–Crippen LogP) is 2.66. The molecule has 2 aromatic carbocycles. The third kappa shape index (κ3) is 3.71. The van der Waals surface area contributed by atoms with Gasteiger partial charge in [-0.05, 0) is 36.2 Å². The van der Waals surface area contributed by atoms with Crippen LogP contribution in [0, 0.1) is 6.92 Å². The normalized spacial score (nSPS) is 10.1. The highest BCUT2D eigenvalue weighted by atomic mass is 16.2. The number of anilines is 2. The predicted molar refractivity (Wildman–Crippen MR) is 87.8 cm³/mol. The molecule has 22 heavy (non-hydrogen) atoms. The minimum absolute atomic E-state index is 0.158. The van der Waals surface area contributed by atoms with E-state index < -0.39 is 0 Å². The second-order valence-corrected chi connectivity index (χ2v) is 5.03. The number of aryl methyl sites for hydroxylation is 1. The molecule has 0 bridgehead atoms. The van der Waals surface area contributed by atoms with Crippen LogP contribution in [0.25, 0.3) is 0 Å². The lowest BCUT2D eigenvalue weighted by Gasteiger charge is -2.12. The fourth-order valence-electron chi connectivity index (χ4n) is 2.15. The van der Waals surface area contributed by atoms with Crippen LogP contribution in [0.4, 0.5) is 11.4 Å². The average Bonchev–Trinajstić information content (AvgIpc) is 2.50. The molecule has 0 aliphatic rings. The van der Waals surface area contributed by atoms with Crippen molar-refractivity contribution in [3.05, 3.63) is 59.2 Å². The Morgan fingerprint density at radius 1 is 1.09 bits per heavy atom. The van der Waals surface area contributed by atoms with Crippen LogP contribution in [0.3, 0.4) is 0 Å². The Labute approximate surface area is 129 Å². The summed E-state index contributed by atoms with van der Waals surface area (Å²) < 4.78 is 0. The molecule has 0 aliphatic carbocycles. The molecule has 0 aliphatic heterocycles. The second-order valence-electron chi connectivity index (χ2n) is 5.03. The highest BCUT2D eigenvalue weighted by Crippen LogP contribution is 2.21. The van der Waals surface area contributed by atoms with E-state index in [0.717, 1.165) is 11.1 Å². The first-order chi connectivity index (χ1) is 10.5. The quantitative estimate of drug-likeness (QED) is 0.811. The molecule has 2 amide bonds. The van der Waals surface area contributed by atoms with Gasteiger partial charge in [-0.2, -0.15) is 0 Å². The van der Waals surface area contributed by atoms with Gasteiger partial charge in [0.1, 0.15) is 0 Å². The summed E-state index contributed by atoms with van der Waals surface area (Å²) in [6.45, 7) is 3.63. The number of rotatable bonds is 4. The van der Waals surface area contributed by atoms with E-state index in [4.69, 9.17) is 5.73 Å². The maximum atomic E-state index is 12.4. The Morgan fingerprint density at radius 3 is 2.50 bits per heavy atom. The van der Waals surface area contributed by atoms with Gasteiger partial charge in [-0.15, -0.1) is 0 Å². The van der Waals surface area contributed by atoms with Crippen LogP contribution in [0.5, 0.6) is 0 Å². The third-order valence-electron chi connectivity index (χ3n) is 3.29. The third-order valence-corrected chi connectivity index (χ3v) is 3.29. The van der Waals surface area contributed by atoms with Crippen molar-refractivity contribution in [3.8, 4) is 0 Å². The topological polar surface area (TPSA) is 84.2 Å². The van der Waals surface area contributed by atoms with Crippen molar-refractivity contribution < 1.29 is 9.59 Å². The van der Waals surface area contributed by atoms with Crippen molar-refractivity contribution in [1.82, 2.24) is 0 Å². The van der Waals surface area contributed by atoms with Crippen molar-refractivity contribution in [2.75, 3.05) is 10.6 Å². The number of carbonyl (C=O) groups excluding carboxylic acids is 2. The zero-order valence-electron chi connectivity index (χ0n) is 12.6. The number of hydrogen-bond donors (Lipinski definition) is 3. The van der Waals surface area contributed by atoms with Crippen LogP contribution in [0.15, 0.2) is 42.5 Å². The molecule has 2 rings (SSSR count). The smallest absolute Gasteiger partial charge is 0.255 e. The molecular formula is C17H19N3O2. The van der Waals surface area contributed by atoms with E-state index in [1.54, 1.807) is 24.3 Å². The molecule has 5 heteroatoms. The molecule has 4 N–H and O–H groups in total. The number of hydrogen-bond acceptors (Lipinski definition) is 3. The first-order valence-electron chi connectivity index (χ1n) is 6.99. The zero-order valence-corrected chi connectivity index (χ0v) is 12.6. The van der Waals surface area contributed by atoms with Gasteiger partial charge in [0.15, 0.2) is 0 Å². The SMILES string of the molecule is CC(=O)Nc1ccc(C)c(NC(=O)c2ccccc2CN)c1. The summed E-state index contributed by atoms with van der Waals surface area (Å²) in [6, 6.07) is 12.6. The van der Waals surface area contributed by atoms with Gasteiger partial charge in [0.2, 0.25) is 5.91 Å². The van der Waals surface area contributed by atoms with Gasteiger partial charge >= 0.3 is 0 Å². The van der Waals surface area contributed by atoms with Crippen molar-refractivity contribution >= 4 is 23.2 Å². The summed E-state index contributed by atoms with van der Waals surface area (Å²) in [4.78, 5) is 23.5. The van der Waals surface area contributed by atoms with Gasteiger partial charge in [0.25, 0.3) is 5.91 Å². The van der Waals surface area contributed by atoms with Crippen LogP contribution < -0.4 is 16.4 Å². The lowest BCUT2D eigenvalue weighted by molar-refractivity contribution is -0.114. The summed E-state index contributed by atoms with van der Waals surface area (Å²) in [5.41, 5.74) is 9.21. The van der Waals surface area contributed by atoms with Crippen molar-refractivity contribution in [2.45, 2.75) is 20.4 Å². The fraction of sp³-hybridized carbons (Fsp3) is 0.176. The van der Waals surface area contributed by atoms with Crippen LogP contribution in [0.2, 0.25) is 0 Å². The summed E-state index contributed by atoms with van der Waals surface area (Å²) in [5, 5.41) is 5.57. The number of nitrogens with two attached hydrogens (primary N) is 1. The molecular weight excluding hydrogens is 278 g/mol. The minimum atomic E-state index is -0.218. The van der Waals surface area contributed by atoms with Gasteiger partial charge in [0, 0.05) is 30.4 Å². The van der Waals surface area contributed by atoms with Gasteiger partial charge < -0.3 is 16.4 Å². The summed E-state index contributed by atoms with van der Waals surface area (Å²) in [7, 11) is 0. The van der Waals surface area contributed by atoms with Gasteiger partial charge in [-0.25, -0.2) is 0 Å². The van der Waals surface area contributed by atoms with E-state index in [2.05, 4.69) is 10.6 Å². The van der Waals surface area contributed by atoms with Crippen molar-refractivity contribution in [2.24, 2.45) is 5.73 Å². The van der Waals surface area contributed by atoms with Crippen molar-refractivity contribution in [3.63, 3.8) is 0 Å². The summed E-state index contributed by atoms with van der Waals surface area (Å²) in [5.74, 6) is -0.376. The van der Waals surface area contributed by atoms with E-state index in [-0.39, 0.29) is 11.8 Å². The average molecular weight is 297 g/mol. The highest BCUT2D eigenvalue weighted by molar-refractivity contribution is 6.06. The Morgan fingerprint density at radius 2 is 1.82 bits per heavy atom. The maximum absolute atomic E-state index is 12.4. The molecule has 0 radical (unpaired) electrons. The fourth-order valence-corrected chi connectivity index (χ4v) is 2.15. The molecule has 0 unspecified atom stereocenters. The van der Waals surface area contributed by atoms with Gasteiger partial charge in [0.05, 0.1) is 0 Å². The van der Waals surface area contributed by atoms with Crippen LogP contribution in [-0.4, -0.2) is 11.8 Å². The molecule has 0 heterocycles. The molecule has 0 spiro atoms. The molecule has 0 atom stereocenters. The summed E-state index contributed by atoms with van der Waals surface area (Å²) >= 11 is 0. The Hall–Kier alpha value is -2.66. The summed E-state index contributed by atoms with van der Waals surface area (Å²) in [6.07, 6.45) is 0. The van der Waals surface area contributed by atoms with E-state index in [9.17, 15) is 9.59 Å². The number of amides is 2. The van der Waals surface area contributed by atoms with Crippen LogP contribution >= 0.6 is 0 Å². The maximum Gasteiger partial charge on any atom is 0.255 e. The Bertz CT molecular complexity index is 711. The van der Waals surface area contributed by atoms with Crippen LogP contribution in [-0.2, 0) is 11.3 Å². The number of benzene rings is 2. The van der Waals surface area contributed by atoms with Gasteiger partial charge in [-0.1, -0.05) is 24.3 Å². The molecule has 0 saturated heterocycles. The largest absolute Gasteiger partial charge is 0.326 e. The zero-order chi connectivity index (χ0) is 16.1. The van der Waals surface area contributed by atoms with Crippen molar-refractivity contribution in [1.29, 1.82) is 0 Å². The monoisotopic (exact) mass is 297 g/mol. The van der Waals surface area contributed by atoms with Gasteiger partial charge in [-0.3, -0.25) is 9.59 Å². The molecule has 5 nitrogen and oxygen atoms in total. The standard InChI is InChI=1S/C17H19N3O2/c1-11-7-8-14(19-12(2)21)9-16(11)20-17(22)15-6-4-3-5-13(15)10-18/h3-9H,10,18H2,1-2H3,(H,19,21)(H,20,22). The Balaban J connectivity index is 2.26. The van der Waals surface area contributed by atoms with Crippen LogP contribution in [0.1, 0.15) is 28.4 Å². The molecule has 0 saturated carbocycles.